The number of carbonyl (C=O) groups excluding carboxylic acids is 1. The Hall–Kier alpha value is -0.420. The molecule has 1 saturated heterocycles. The molecule has 0 amide bonds. The molecule has 0 bridgehead atoms. The van der Waals surface area contributed by atoms with Gasteiger partial charge < -0.3 is 4.74 Å². The number of hydrogen-bond acceptors (Lipinski definition) is 2. The minimum Gasteiger partial charge on any atom is -0.370 e. The van der Waals surface area contributed by atoms with Gasteiger partial charge >= 0.3 is 0 Å². The molecule has 1 aromatic rings. The van der Waals surface area contributed by atoms with Crippen molar-refractivity contribution in [2.24, 2.45) is 0 Å². The second kappa shape index (κ2) is 5.77. The summed E-state index contributed by atoms with van der Waals surface area (Å²) in [5.41, 5.74) is 1.08. The Bertz CT molecular complexity index is 353. The lowest BCUT2D eigenvalue weighted by Crippen LogP contribution is -2.29. The van der Waals surface area contributed by atoms with Crippen LogP contribution in [0.25, 0.3) is 0 Å². The predicted molar refractivity (Wildman–Crippen MR) is 71.5 cm³/mol. The van der Waals surface area contributed by atoms with E-state index in [-0.39, 0.29) is 11.9 Å². The van der Waals surface area contributed by atoms with Crippen LogP contribution in [0.4, 0.5) is 0 Å². The van der Waals surface area contributed by atoms with Gasteiger partial charge in [0.2, 0.25) is 0 Å². The van der Waals surface area contributed by atoms with Gasteiger partial charge in [-0.25, -0.2) is 0 Å². The Morgan fingerprint density at radius 1 is 1.31 bits per heavy atom. The fourth-order valence-electron chi connectivity index (χ4n) is 1.91. The Balaban J connectivity index is 1.93. The summed E-state index contributed by atoms with van der Waals surface area (Å²) in [5.74, 6) is 0.223. The highest BCUT2D eigenvalue weighted by atomic mass is 127. The zero-order valence-electron chi connectivity index (χ0n) is 9.12. The number of ether oxygens (including phenoxy) is 1. The Morgan fingerprint density at radius 2 is 2.06 bits per heavy atom. The first-order valence-electron chi connectivity index (χ1n) is 5.64. The van der Waals surface area contributed by atoms with E-state index in [9.17, 15) is 4.79 Å². The van der Waals surface area contributed by atoms with Crippen molar-refractivity contribution in [3.63, 3.8) is 0 Å². The average molecular weight is 330 g/mol. The molecule has 1 fully saturated rings. The minimum absolute atomic E-state index is 0.159. The lowest BCUT2D eigenvalue weighted by Gasteiger charge is -2.21. The molecule has 86 valence electrons. The van der Waals surface area contributed by atoms with Gasteiger partial charge in [0.25, 0.3) is 0 Å². The molecule has 0 saturated carbocycles. The molecule has 16 heavy (non-hydrogen) atoms. The molecule has 1 aliphatic rings. The third kappa shape index (κ3) is 3.28. The van der Waals surface area contributed by atoms with E-state index >= 15 is 0 Å². The van der Waals surface area contributed by atoms with Crippen LogP contribution < -0.4 is 0 Å². The fraction of sp³-hybridized carbons (Fsp3) is 0.462. The van der Waals surface area contributed by atoms with Crippen molar-refractivity contribution < 1.29 is 9.53 Å². The summed E-state index contributed by atoms with van der Waals surface area (Å²) in [6.45, 7) is 0.739. The molecule has 2 nitrogen and oxygen atoms in total. The molecule has 1 aromatic carbocycles. The highest BCUT2D eigenvalue weighted by molar-refractivity contribution is 14.1. The third-order valence-electron chi connectivity index (χ3n) is 2.83. The number of rotatable bonds is 3. The van der Waals surface area contributed by atoms with Gasteiger partial charge in [-0.05, 0) is 59.5 Å². The first kappa shape index (κ1) is 12.0. The van der Waals surface area contributed by atoms with E-state index in [0.29, 0.717) is 6.42 Å². The Labute approximate surface area is 110 Å². The topological polar surface area (TPSA) is 26.3 Å². The molecule has 0 N–H and O–H groups in total. The second-order valence-corrected chi connectivity index (χ2v) is 5.37. The fourth-order valence-corrected chi connectivity index (χ4v) is 2.27. The number of carbonyl (C=O) groups is 1. The first-order chi connectivity index (χ1) is 7.75. The third-order valence-corrected chi connectivity index (χ3v) is 3.55. The van der Waals surface area contributed by atoms with Gasteiger partial charge in [0.05, 0.1) is 0 Å². The summed E-state index contributed by atoms with van der Waals surface area (Å²) in [6.07, 6.45) is 3.44. The van der Waals surface area contributed by atoms with Crippen LogP contribution in [0.5, 0.6) is 0 Å². The minimum atomic E-state index is -0.159. The Kier molecular flexibility index (Phi) is 4.35. The lowest BCUT2D eigenvalue weighted by molar-refractivity contribution is -0.132. The molecule has 1 atom stereocenters. The van der Waals surface area contributed by atoms with Crippen molar-refractivity contribution in [1.29, 1.82) is 0 Å². The summed E-state index contributed by atoms with van der Waals surface area (Å²) in [7, 11) is 0. The SMILES string of the molecule is O=C(Cc1ccc(I)cc1)C1CCCCO1. The maximum absolute atomic E-state index is 11.9. The van der Waals surface area contributed by atoms with Gasteiger partial charge in [0.15, 0.2) is 5.78 Å². The maximum atomic E-state index is 11.9. The van der Waals surface area contributed by atoms with Gasteiger partial charge in [-0.2, -0.15) is 0 Å². The van der Waals surface area contributed by atoms with Crippen molar-refractivity contribution in [2.45, 2.75) is 31.8 Å². The maximum Gasteiger partial charge on any atom is 0.165 e. The predicted octanol–water partition coefficient (Wildman–Crippen LogP) is 2.97. The largest absolute Gasteiger partial charge is 0.370 e. The molecule has 0 aromatic heterocycles. The second-order valence-electron chi connectivity index (χ2n) is 4.12. The van der Waals surface area contributed by atoms with E-state index in [1.165, 1.54) is 3.57 Å². The molecule has 1 aliphatic heterocycles. The van der Waals surface area contributed by atoms with Crippen molar-refractivity contribution >= 4 is 28.4 Å². The van der Waals surface area contributed by atoms with E-state index in [0.717, 1.165) is 31.4 Å². The zero-order chi connectivity index (χ0) is 11.4. The van der Waals surface area contributed by atoms with Gasteiger partial charge in [-0.3, -0.25) is 4.79 Å². The van der Waals surface area contributed by atoms with Crippen LogP contribution in [0.3, 0.4) is 0 Å². The van der Waals surface area contributed by atoms with E-state index in [2.05, 4.69) is 22.6 Å². The lowest BCUT2D eigenvalue weighted by atomic mass is 10.00. The van der Waals surface area contributed by atoms with Crippen LogP contribution >= 0.6 is 22.6 Å². The van der Waals surface area contributed by atoms with Crippen LogP contribution in [-0.2, 0) is 16.0 Å². The number of hydrogen-bond donors (Lipinski definition) is 0. The van der Waals surface area contributed by atoms with Crippen LogP contribution in [-0.4, -0.2) is 18.5 Å². The number of Topliss-reactive ketones (excluding diaryl/α,β-unsaturated/α-hetero) is 1. The van der Waals surface area contributed by atoms with Crippen molar-refractivity contribution in [1.82, 2.24) is 0 Å². The summed E-state index contributed by atoms with van der Waals surface area (Å²) >= 11 is 2.26. The van der Waals surface area contributed by atoms with E-state index in [1.54, 1.807) is 0 Å². The van der Waals surface area contributed by atoms with Gasteiger partial charge in [0.1, 0.15) is 6.10 Å². The van der Waals surface area contributed by atoms with Crippen LogP contribution in [0.1, 0.15) is 24.8 Å². The molecule has 1 unspecified atom stereocenters. The van der Waals surface area contributed by atoms with Crippen molar-refractivity contribution in [3.8, 4) is 0 Å². The molecule has 0 radical (unpaired) electrons. The quantitative estimate of drug-likeness (QED) is 0.797. The van der Waals surface area contributed by atoms with Gasteiger partial charge in [0, 0.05) is 16.6 Å². The van der Waals surface area contributed by atoms with E-state index < -0.39 is 0 Å². The smallest absolute Gasteiger partial charge is 0.165 e. The summed E-state index contributed by atoms with van der Waals surface area (Å²) in [4.78, 5) is 11.9. The highest BCUT2D eigenvalue weighted by Gasteiger charge is 2.21. The number of benzene rings is 1. The summed E-state index contributed by atoms with van der Waals surface area (Å²) < 4.78 is 6.68. The van der Waals surface area contributed by atoms with Gasteiger partial charge in [-0.1, -0.05) is 12.1 Å². The molecular weight excluding hydrogens is 315 g/mol. The zero-order valence-corrected chi connectivity index (χ0v) is 11.3. The van der Waals surface area contributed by atoms with E-state index in [1.807, 2.05) is 24.3 Å². The van der Waals surface area contributed by atoms with Gasteiger partial charge in [-0.15, -0.1) is 0 Å². The van der Waals surface area contributed by atoms with Crippen molar-refractivity contribution in [2.75, 3.05) is 6.61 Å². The number of ketones is 1. The molecule has 0 aliphatic carbocycles. The normalized spacial score (nSPS) is 20.7. The summed E-state index contributed by atoms with van der Waals surface area (Å²) in [5, 5.41) is 0. The standard InChI is InChI=1S/C13H15IO2/c14-11-6-4-10(5-7-11)9-12(15)13-3-1-2-8-16-13/h4-7,13H,1-3,8-9H2. The van der Waals surface area contributed by atoms with Crippen LogP contribution in [0.15, 0.2) is 24.3 Å². The number of halogens is 1. The first-order valence-corrected chi connectivity index (χ1v) is 6.72. The molecule has 2 rings (SSSR count). The van der Waals surface area contributed by atoms with Crippen LogP contribution in [0, 0.1) is 3.57 Å². The molecule has 3 heteroatoms. The average Bonchev–Trinajstić information content (AvgIpc) is 2.33. The highest BCUT2D eigenvalue weighted by Crippen LogP contribution is 2.16. The molecule has 0 spiro atoms. The monoisotopic (exact) mass is 330 g/mol. The Morgan fingerprint density at radius 3 is 2.69 bits per heavy atom. The molecule has 1 heterocycles. The van der Waals surface area contributed by atoms with E-state index in [4.69, 9.17) is 4.74 Å². The van der Waals surface area contributed by atoms with Crippen LogP contribution in [0.2, 0.25) is 0 Å². The summed E-state index contributed by atoms with van der Waals surface area (Å²) in [6, 6.07) is 8.10. The molecular formula is C13H15IO2. The van der Waals surface area contributed by atoms with Crippen molar-refractivity contribution in [3.05, 3.63) is 33.4 Å².